The summed E-state index contributed by atoms with van der Waals surface area (Å²) >= 11 is 0. The number of hydrogen-bond acceptors (Lipinski definition) is 6. The van der Waals surface area contributed by atoms with E-state index >= 15 is 0 Å². The van der Waals surface area contributed by atoms with Gasteiger partial charge in [-0.2, -0.15) is 0 Å². The van der Waals surface area contributed by atoms with Gasteiger partial charge in [-0.3, -0.25) is 29.4 Å². The Bertz CT molecular complexity index is 1150. The van der Waals surface area contributed by atoms with Crippen LogP contribution in [-0.4, -0.2) is 41.7 Å². The number of fused-ring (bicyclic) bond motifs is 4. The van der Waals surface area contributed by atoms with Crippen LogP contribution in [0.5, 0.6) is 5.75 Å². The summed E-state index contributed by atoms with van der Waals surface area (Å²) in [4.78, 5) is 53.2. The van der Waals surface area contributed by atoms with Crippen LogP contribution in [0.4, 0.5) is 5.69 Å². The molecule has 9 nitrogen and oxygen atoms in total. The van der Waals surface area contributed by atoms with Crippen LogP contribution in [0.15, 0.2) is 48.5 Å². The van der Waals surface area contributed by atoms with Gasteiger partial charge in [0.05, 0.1) is 25.5 Å². The van der Waals surface area contributed by atoms with E-state index in [2.05, 4.69) is 10.6 Å². The Morgan fingerprint density at radius 3 is 2.50 bits per heavy atom. The van der Waals surface area contributed by atoms with Crippen molar-refractivity contribution >= 4 is 29.3 Å². The SMILES string of the molecule is COc1ccc(CN2C(=O)[C@H]3[C@H](CC(N)=O)N[C@]4(C(=O)Nc5ccccc54)[C@@H]3C2=O)cc1. The van der Waals surface area contributed by atoms with Crippen molar-refractivity contribution in [3.8, 4) is 5.75 Å². The van der Waals surface area contributed by atoms with Crippen molar-refractivity contribution in [3.63, 3.8) is 0 Å². The number of amides is 4. The third-order valence-corrected chi connectivity index (χ3v) is 6.63. The van der Waals surface area contributed by atoms with Crippen LogP contribution in [0.1, 0.15) is 17.5 Å². The fraction of sp³-hybridized carbons (Fsp3) is 0.304. The Labute approximate surface area is 183 Å². The first-order valence-electron chi connectivity index (χ1n) is 10.3. The first-order chi connectivity index (χ1) is 15.4. The summed E-state index contributed by atoms with van der Waals surface area (Å²) < 4.78 is 5.16. The molecule has 2 aromatic rings. The normalized spacial score (nSPS) is 28.1. The number of likely N-dealkylation sites (tertiary alicyclic amines) is 1. The molecule has 1 spiro atoms. The lowest BCUT2D eigenvalue weighted by Gasteiger charge is -2.29. The van der Waals surface area contributed by atoms with Crippen molar-refractivity contribution in [3.05, 3.63) is 59.7 Å². The number of ether oxygens (including phenoxy) is 1. The third-order valence-electron chi connectivity index (χ3n) is 6.63. The zero-order valence-electron chi connectivity index (χ0n) is 17.3. The van der Waals surface area contributed by atoms with Gasteiger partial charge < -0.3 is 15.8 Å². The van der Waals surface area contributed by atoms with Crippen molar-refractivity contribution in [2.24, 2.45) is 17.6 Å². The molecule has 0 aromatic heterocycles. The number of imide groups is 1. The molecule has 0 unspecified atom stereocenters. The number of rotatable bonds is 5. The molecule has 4 amide bonds. The number of para-hydroxylation sites is 1. The van der Waals surface area contributed by atoms with Crippen molar-refractivity contribution < 1.29 is 23.9 Å². The molecular weight excluding hydrogens is 412 g/mol. The lowest BCUT2D eigenvalue weighted by Crippen LogP contribution is -2.53. The smallest absolute Gasteiger partial charge is 0.250 e. The lowest BCUT2D eigenvalue weighted by atomic mass is 9.76. The van der Waals surface area contributed by atoms with Crippen molar-refractivity contribution in [2.75, 3.05) is 12.4 Å². The molecular formula is C23H22N4O5. The zero-order valence-corrected chi connectivity index (χ0v) is 17.3. The fourth-order valence-electron chi connectivity index (χ4n) is 5.28. The molecule has 2 aromatic carbocycles. The van der Waals surface area contributed by atoms with Gasteiger partial charge in [0.1, 0.15) is 11.3 Å². The molecule has 0 aliphatic carbocycles. The van der Waals surface area contributed by atoms with Crippen LogP contribution in [0.3, 0.4) is 0 Å². The second-order valence-corrected chi connectivity index (χ2v) is 8.34. The van der Waals surface area contributed by atoms with Crippen LogP contribution in [-0.2, 0) is 31.3 Å². The maximum absolute atomic E-state index is 13.6. The molecule has 3 heterocycles. The Hall–Kier alpha value is -3.72. The highest BCUT2D eigenvalue weighted by Gasteiger charge is 2.70. The number of hydrogen-bond donors (Lipinski definition) is 3. The van der Waals surface area contributed by atoms with Crippen LogP contribution in [0.2, 0.25) is 0 Å². The number of carbonyl (C=O) groups excluding carboxylic acids is 4. The number of carbonyl (C=O) groups is 4. The van der Waals surface area contributed by atoms with Crippen molar-refractivity contribution in [1.82, 2.24) is 10.2 Å². The average molecular weight is 434 g/mol. The van der Waals surface area contributed by atoms with E-state index in [1.165, 1.54) is 4.90 Å². The monoisotopic (exact) mass is 434 g/mol. The van der Waals surface area contributed by atoms with Crippen molar-refractivity contribution in [1.29, 1.82) is 0 Å². The molecule has 0 saturated carbocycles. The van der Waals surface area contributed by atoms with Gasteiger partial charge in [0.25, 0.3) is 0 Å². The number of nitrogens with one attached hydrogen (secondary N) is 2. The van der Waals surface area contributed by atoms with Gasteiger partial charge >= 0.3 is 0 Å². The van der Waals surface area contributed by atoms with Crippen LogP contribution < -0.4 is 21.1 Å². The molecule has 3 aliphatic heterocycles. The minimum atomic E-state index is -1.43. The Morgan fingerprint density at radius 1 is 1.09 bits per heavy atom. The molecule has 0 bridgehead atoms. The molecule has 2 fully saturated rings. The predicted molar refractivity (Wildman–Crippen MR) is 113 cm³/mol. The molecule has 164 valence electrons. The molecule has 0 radical (unpaired) electrons. The van der Waals surface area contributed by atoms with E-state index in [0.29, 0.717) is 17.0 Å². The molecule has 9 heteroatoms. The van der Waals surface area contributed by atoms with Gasteiger partial charge in [-0.05, 0) is 23.8 Å². The van der Waals surface area contributed by atoms with E-state index < -0.39 is 47.0 Å². The summed E-state index contributed by atoms with van der Waals surface area (Å²) in [6, 6.07) is 13.4. The number of benzene rings is 2. The average Bonchev–Trinajstić information content (AvgIpc) is 3.34. The highest BCUT2D eigenvalue weighted by molar-refractivity contribution is 6.15. The van der Waals surface area contributed by atoms with Gasteiger partial charge in [0.15, 0.2) is 0 Å². The van der Waals surface area contributed by atoms with Crippen LogP contribution in [0, 0.1) is 11.8 Å². The number of methoxy groups -OCH3 is 1. The largest absolute Gasteiger partial charge is 0.497 e. The summed E-state index contributed by atoms with van der Waals surface area (Å²) in [6.07, 6.45) is -0.159. The van der Waals surface area contributed by atoms with E-state index in [0.717, 1.165) is 5.56 Å². The maximum atomic E-state index is 13.6. The predicted octanol–water partition coefficient (Wildman–Crippen LogP) is 0.491. The van der Waals surface area contributed by atoms with Gasteiger partial charge in [0.2, 0.25) is 23.6 Å². The number of nitrogens with zero attached hydrogens (tertiary/aromatic N) is 1. The molecule has 4 N–H and O–H groups in total. The second kappa shape index (κ2) is 7.16. The van der Waals surface area contributed by atoms with Crippen LogP contribution in [0.25, 0.3) is 0 Å². The molecule has 32 heavy (non-hydrogen) atoms. The summed E-state index contributed by atoms with van der Waals surface area (Å²) in [7, 11) is 1.56. The van der Waals surface area contributed by atoms with Crippen LogP contribution >= 0.6 is 0 Å². The number of primary amides is 1. The first kappa shape index (κ1) is 20.2. The lowest BCUT2D eigenvalue weighted by molar-refractivity contribution is -0.143. The number of anilines is 1. The van der Waals surface area contributed by atoms with E-state index in [1.54, 1.807) is 55.6 Å². The first-order valence-corrected chi connectivity index (χ1v) is 10.3. The van der Waals surface area contributed by atoms with Gasteiger partial charge in [-0.15, -0.1) is 0 Å². The Kier molecular flexibility index (Phi) is 4.52. The highest BCUT2D eigenvalue weighted by Crippen LogP contribution is 2.53. The second-order valence-electron chi connectivity index (χ2n) is 8.34. The number of nitrogens with two attached hydrogens (primary N) is 1. The third kappa shape index (κ3) is 2.74. The van der Waals surface area contributed by atoms with Gasteiger partial charge in [-0.1, -0.05) is 30.3 Å². The quantitative estimate of drug-likeness (QED) is 0.587. The van der Waals surface area contributed by atoms with Gasteiger partial charge in [0, 0.05) is 23.7 Å². The topological polar surface area (TPSA) is 131 Å². The molecule has 2 saturated heterocycles. The maximum Gasteiger partial charge on any atom is 0.250 e. The highest BCUT2D eigenvalue weighted by atomic mass is 16.5. The van der Waals surface area contributed by atoms with E-state index in [1.807, 2.05) is 0 Å². The van der Waals surface area contributed by atoms with E-state index in [9.17, 15) is 19.2 Å². The molecule has 3 aliphatic rings. The standard InChI is InChI=1S/C23H22N4O5/c1-32-13-8-6-12(7-9-13)11-27-20(29)18-16(10-17(24)28)26-23(19(18)21(27)30)14-4-2-3-5-15(14)25-22(23)31/h2-9,16,18-19,26H,10-11H2,1H3,(H2,24,28)(H,25,31)/t16-,18-,19-,23-/m0/s1. The Morgan fingerprint density at radius 2 is 1.81 bits per heavy atom. The van der Waals surface area contributed by atoms with E-state index in [-0.39, 0.29) is 13.0 Å². The summed E-state index contributed by atoms with van der Waals surface area (Å²) in [5, 5.41) is 5.98. The summed E-state index contributed by atoms with van der Waals surface area (Å²) in [6.45, 7) is 0.0668. The molecule has 4 atom stereocenters. The Balaban J connectivity index is 1.56. The summed E-state index contributed by atoms with van der Waals surface area (Å²) in [5.74, 6) is -3.06. The van der Waals surface area contributed by atoms with Gasteiger partial charge in [-0.25, -0.2) is 0 Å². The molecule has 5 rings (SSSR count). The van der Waals surface area contributed by atoms with E-state index in [4.69, 9.17) is 10.5 Å². The fourth-order valence-corrected chi connectivity index (χ4v) is 5.28. The minimum Gasteiger partial charge on any atom is -0.497 e. The minimum absolute atomic E-state index is 0.0668. The summed E-state index contributed by atoms with van der Waals surface area (Å²) in [5.41, 5.74) is 5.93. The zero-order chi connectivity index (χ0) is 22.6. The van der Waals surface area contributed by atoms with Crippen molar-refractivity contribution in [2.45, 2.75) is 24.5 Å².